The van der Waals surface area contributed by atoms with E-state index in [1.165, 1.54) is 6.20 Å². The molecule has 104 valence electrons. The van der Waals surface area contributed by atoms with Gasteiger partial charge in [-0.05, 0) is 40.2 Å². The number of hydrogen-bond donors (Lipinski definition) is 1. The third-order valence-corrected chi connectivity index (χ3v) is 3.12. The van der Waals surface area contributed by atoms with Crippen LogP contribution in [0.4, 0.5) is 6.01 Å². The summed E-state index contributed by atoms with van der Waals surface area (Å²) < 4.78 is 6.06. The average Bonchev–Trinajstić information content (AvgIpc) is 2.97. The fourth-order valence-electron chi connectivity index (χ4n) is 1.65. The van der Waals surface area contributed by atoms with Gasteiger partial charge in [0.2, 0.25) is 5.89 Å². The lowest BCUT2D eigenvalue weighted by Crippen LogP contribution is -2.12. The van der Waals surface area contributed by atoms with E-state index in [1.54, 1.807) is 12.1 Å². The van der Waals surface area contributed by atoms with Crippen molar-refractivity contribution in [3.63, 3.8) is 0 Å². The van der Waals surface area contributed by atoms with Crippen LogP contribution in [-0.4, -0.2) is 21.1 Å². The van der Waals surface area contributed by atoms with Gasteiger partial charge in [-0.25, -0.2) is 4.98 Å². The number of carbonyl (C=O) groups is 1. The highest BCUT2D eigenvalue weighted by Crippen LogP contribution is 2.19. The van der Waals surface area contributed by atoms with Crippen molar-refractivity contribution in [3.05, 3.63) is 58.8 Å². The Kier molecular flexibility index (Phi) is 3.74. The Morgan fingerprint density at radius 3 is 2.62 bits per heavy atom. The van der Waals surface area contributed by atoms with E-state index < -0.39 is 0 Å². The molecule has 0 saturated heterocycles. The lowest BCUT2D eigenvalue weighted by atomic mass is 10.2. The molecule has 2 aromatic heterocycles. The molecule has 3 rings (SSSR count). The monoisotopic (exact) mass is 344 g/mol. The summed E-state index contributed by atoms with van der Waals surface area (Å²) in [6.45, 7) is 0. The summed E-state index contributed by atoms with van der Waals surface area (Å²) >= 11 is 3.21. The highest BCUT2D eigenvalue weighted by molar-refractivity contribution is 9.10. The third-order valence-electron chi connectivity index (χ3n) is 2.66. The second-order valence-corrected chi connectivity index (χ2v) is 4.91. The fourth-order valence-corrected chi connectivity index (χ4v) is 1.89. The molecule has 0 fully saturated rings. The normalized spacial score (nSPS) is 10.3. The van der Waals surface area contributed by atoms with Crippen LogP contribution in [0, 0.1) is 0 Å². The standard InChI is InChI=1S/C14H9BrN4O2/c15-11-7-6-10(8-16-11)12(20)17-14-19-18-13(21-14)9-4-2-1-3-5-9/h1-8H,(H,17,19,20). The van der Waals surface area contributed by atoms with Crippen LogP contribution >= 0.6 is 15.9 Å². The van der Waals surface area contributed by atoms with Gasteiger partial charge < -0.3 is 4.42 Å². The zero-order chi connectivity index (χ0) is 14.7. The van der Waals surface area contributed by atoms with E-state index in [2.05, 4.69) is 36.4 Å². The largest absolute Gasteiger partial charge is 0.403 e. The summed E-state index contributed by atoms with van der Waals surface area (Å²) in [5, 5.41) is 10.2. The zero-order valence-electron chi connectivity index (χ0n) is 10.7. The van der Waals surface area contributed by atoms with Gasteiger partial charge in [0.1, 0.15) is 4.60 Å². The van der Waals surface area contributed by atoms with Gasteiger partial charge in [-0.15, -0.1) is 5.10 Å². The minimum atomic E-state index is -0.363. The van der Waals surface area contributed by atoms with Crippen molar-refractivity contribution in [3.8, 4) is 11.5 Å². The molecule has 21 heavy (non-hydrogen) atoms. The van der Waals surface area contributed by atoms with Crippen molar-refractivity contribution in [2.75, 3.05) is 5.32 Å². The van der Waals surface area contributed by atoms with Gasteiger partial charge in [-0.1, -0.05) is 23.3 Å². The van der Waals surface area contributed by atoms with Crippen molar-refractivity contribution in [2.24, 2.45) is 0 Å². The molecule has 0 aliphatic heterocycles. The maximum Gasteiger partial charge on any atom is 0.322 e. The Morgan fingerprint density at radius 1 is 1.10 bits per heavy atom. The summed E-state index contributed by atoms with van der Waals surface area (Å²) in [4.78, 5) is 16.0. The summed E-state index contributed by atoms with van der Waals surface area (Å²) in [6, 6.07) is 12.7. The van der Waals surface area contributed by atoms with Crippen molar-refractivity contribution in [1.82, 2.24) is 15.2 Å². The molecule has 1 N–H and O–H groups in total. The molecule has 1 aromatic carbocycles. The number of benzene rings is 1. The fraction of sp³-hybridized carbons (Fsp3) is 0. The maximum absolute atomic E-state index is 12.0. The number of rotatable bonds is 3. The quantitative estimate of drug-likeness (QED) is 0.738. The van der Waals surface area contributed by atoms with Crippen molar-refractivity contribution in [2.45, 2.75) is 0 Å². The number of pyridine rings is 1. The van der Waals surface area contributed by atoms with E-state index in [0.717, 1.165) is 5.56 Å². The average molecular weight is 345 g/mol. The first-order valence-electron chi connectivity index (χ1n) is 6.04. The van der Waals surface area contributed by atoms with Gasteiger partial charge in [0, 0.05) is 11.8 Å². The van der Waals surface area contributed by atoms with Crippen LogP contribution in [-0.2, 0) is 0 Å². The first-order valence-corrected chi connectivity index (χ1v) is 6.83. The van der Waals surface area contributed by atoms with E-state index in [-0.39, 0.29) is 11.9 Å². The first-order chi connectivity index (χ1) is 10.2. The molecule has 3 aromatic rings. The molecule has 0 aliphatic rings. The highest BCUT2D eigenvalue weighted by Gasteiger charge is 2.12. The Labute approximate surface area is 128 Å². The lowest BCUT2D eigenvalue weighted by molar-refractivity contribution is 0.102. The molecule has 6 nitrogen and oxygen atoms in total. The SMILES string of the molecule is O=C(Nc1nnc(-c2ccccc2)o1)c1ccc(Br)nc1. The van der Waals surface area contributed by atoms with Crippen LogP contribution in [0.2, 0.25) is 0 Å². The van der Waals surface area contributed by atoms with E-state index in [4.69, 9.17) is 4.42 Å². The van der Waals surface area contributed by atoms with Crippen LogP contribution in [0.5, 0.6) is 0 Å². The molecule has 0 unspecified atom stereocenters. The highest BCUT2D eigenvalue weighted by atomic mass is 79.9. The molecule has 0 saturated carbocycles. The molecule has 0 atom stereocenters. The second-order valence-electron chi connectivity index (χ2n) is 4.10. The Hall–Kier alpha value is -2.54. The van der Waals surface area contributed by atoms with Crippen molar-refractivity contribution in [1.29, 1.82) is 0 Å². The van der Waals surface area contributed by atoms with E-state index in [0.29, 0.717) is 16.1 Å². The van der Waals surface area contributed by atoms with Crippen molar-refractivity contribution >= 4 is 27.9 Å². The Balaban J connectivity index is 1.75. The summed E-state index contributed by atoms with van der Waals surface area (Å²) in [7, 11) is 0. The van der Waals surface area contributed by atoms with Crippen LogP contribution in [0.25, 0.3) is 11.5 Å². The predicted octanol–water partition coefficient (Wildman–Crippen LogP) is 3.15. The van der Waals surface area contributed by atoms with Gasteiger partial charge in [0.15, 0.2) is 0 Å². The van der Waals surface area contributed by atoms with Crippen LogP contribution in [0.1, 0.15) is 10.4 Å². The molecular weight excluding hydrogens is 336 g/mol. The minimum Gasteiger partial charge on any atom is -0.403 e. The molecule has 0 aliphatic carbocycles. The smallest absolute Gasteiger partial charge is 0.322 e. The van der Waals surface area contributed by atoms with Crippen LogP contribution in [0.3, 0.4) is 0 Å². The van der Waals surface area contributed by atoms with Crippen molar-refractivity contribution < 1.29 is 9.21 Å². The van der Waals surface area contributed by atoms with Crippen LogP contribution in [0.15, 0.2) is 57.7 Å². The Bertz CT molecular complexity index is 756. The first kappa shape index (κ1) is 13.4. The summed E-state index contributed by atoms with van der Waals surface area (Å²) in [5.74, 6) is -0.0157. The number of hydrogen-bond acceptors (Lipinski definition) is 5. The molecule has 2 heterocycles. The van der Waals surface area contributed by atoms with E-state index in [9.17, 15) is 4.79 Å². The Morgan fingerprint density at radius 2 is 1.90 bits per heavy atom. The second kappa shape index (κ2) is 5.84. The van der Waals surface area contributed by atoms with Crippen LogP contribution < -0.4 is 5.32 Å². The number of amides is 1. The summed E-state index contributed by atoms with van der Waals surface area (Å²) in [6.07, 6.45) is 1.45. The van der Waals surface area contributed by atoms with Gasteiger partial charge in [-0.3, -0.25) is 10.1 Å². The molecule has 0 bridgehead atoms. The van der Waals surface area contributed by atoms with E-state index in [1.807, 2.05) is 30.3 Å². The summed E-state index contributed by atoms with van der Waals surface area (Å²) in [5.41, 5.74) is 1.19. The molecule has 0 radical (unpaired) electrons. The van der Waals surface area contributed by atoms with Gasteiger partial charge in [0.25, 0.3) is 5.91 Å². The number of anilines is 1. The van der Waals surface area contributed by atoms with Gasteiger partial charge in [0.05, 0.1) is 5.56 Å². The predicted molar refractivity (Wildman–Crippen MR) is 79.6 cm³/mol. The maximum atomic E-state index is 12.0. The number of halogens is 1. The van der Waals surface area contributed by atoms with Gasteiger partial charge in [-0.2, -0.15) is 0 Å². The molecular formula is C14H9BrN4O2. The number of carbonyl (C=O) groups excluding carboxylic acids is 1. The molecule has 7 heteroatoms. The zero-order valence-corrected chi connectivity index (χ0v) is 12.2. The number of nitrogens with zero attached hydrogens (tertiary/aromatic N) is 3. The van der Waals surface area contributed by atoms with E-state index >= 15 is 0 Å². The number of nitrogens with one attached hydrogen (secondary N) is 1. The number of aromatic nitrogens is 3. The minimum absolute atomic E-state index is 0.0433. The van der Waals surface area contributed by atoms with Gasteiger partial charge >= 0.3 is 6.01 Å². The molecule has 1 amide bonds. The topological polar surface area (TPSA) is 80.9 Å². The third kappa shape index (κ3) is 3.14. The molecule has 0 spiro atoms. The lowest BCUT2D eigenvalue weighted by Gasteiger charge is -1.99.